The third-order valence-corrected chi connectivity index (χ3v) is 6.23. The van der Waals surface area contributed by atoms with E-state index in [1.54, 1.807) is 11.8 Å². The van der Waals surface area contributed by atoms with Crippen LogP contribution in [0.5, 0.6) is 5.75 Å². The lowest BCUT2D eigenvalue weighted by atomic mass is 10.1. The van der Waals surface area contributed by atoms with Gasteiger partial charge in [0, 0.05) is 25.2 Å². The van der Waals surface area contributed by atoms with Gasteiger partial charge >= 0.3 is 0 Å². The highest BCUT2D eigenvalue weighted by Crippen LogP contribution is 2.27. The molecule has 4 rings (SSSR count). The number of hydrogen-bond donors (Lipinski definition) is 0. The number of carbonyl (C=O) groups is 1. The van der Waals surface area contributed by atoms with Crippen LogP contribution in [0.25, 0.3) is 16.9 Å². The van der Waals surface area contributed by atoms with Gasteiger partial charge < -0.3 is 14.5 Å². The van der Waals surface area contributed by atoms with Crippen LogP contribution in [0.3, 0.4) is 0 Å². The van der Waals surface area contributed by atoms with Crippen molar-refractivity contribution >= 4 is 5.91 Å². The molecule has 0 aliphatic carbocycles. The van der Waals surface area contributed by atoms with E-state index in [1.165, 1.54) is 0 Å². The van der Waals surface area contributed by atoms with Gasteiger partial charge in [-0.2, -0.15) is 5.10 Å². The van der Waals surface area contributed by atoms with Gasteiger partial charge in [0.1, 0.15) is 11.4 Å². The van der Waals surface area contributed by atoms with Crippen molar-refractivity contribution in [3.8, 4) is 22.7 Å². The lowest BCUT2D eigenvalue weighted by Gasteiger charge is -2.25. The van der Waals surface area contributed by atoms with Gasteiger partial charge in [-0.15, -0.1) is 0 Å². The second-order valence-corrected chi connectivity index (χ2v) is 9.36. The third-order valence-electron chi connectivity index (χ3n) is 6.23. The van der Waals surface area contributed by atoms with Gasteiger partial charge in [-0.05, 0) is 81.0 Å². The number of hydrogen-bond acceptors (Lipinski definition) is 4. The first-order chi connectivity index (χ1) is 17.4. The number of benzene rings is 3. The standard InChI is InChI=1S/C30H34N4O2/c1-22-11-12-23(2)28(19-22)34-29(20-27(31-34)25-13-15-26(36-5)16-14-25)30(35)33(18-17-32(3)4)21-24-9-7-6-8-10-24/h6-16,19-20H,17-18,21H2,1-5H3. The third kappa shape index (κ3) is 5.83. The molecule has 186 valence electrons. The van der Waals surface area contributed by atoms with Crippen molar-refractivity contribution in [1.82, 2.24) is 19.6 Å². The predicted molar refractivity (Wildman–Crippen MR) is 145 cm³/mol. The minimum Gasteiger partial charge on any atom is -0.497 e. The van der Waals surface area contributed by atoms with E-state index >= 15 is 0 Å². The number of aryl methyl sites for hydroxylation is 2. The summed E-state index contributed by atoms with van der Waals surface area (Å²) in [5.74, 6) is 0.732. The van der Waals surface area contributed by atoms with Crippen LogP contribution in [-0.2, 0) is 6.54 Å². The number of carbonyl (C=O) groups excluding carboxylic acids is 1. The molecule has 0 fully saturated rings. The Labute approximate surface area is 213 Å². The van der Waals surface area contributed by atoms with E-state index in [0.717, 1.165) is 45.9 Å². The molecule has 3 aromatic carbocycles. The molecule has 6 heteroatoms. The van der Waals surface area contributed by atoms with Crippen LogP contribution in [0.2, 0.25) is 0 Å². The summed E-state index contributed by atoms with van der Waals surface area (Å²) in [4.78, 5) is 18.1. The second kappa shape index (κ2) is 11.2. The van der Waals surface area contributed by atoms with Crippen molar-refractivity contribution in [3.63, 3.8) is 0 Å². The maximum absolute atomic E-state index is 14.1. The molecule has 0 N–H and O–H groups in total. The van der Waals surface area contributed by atoms with Gasteiger partial charge in [-0.25, -0.2) is 4.68 Å². The molecule has 1 heterocycles. The van der Waals surface area contributed by atoms with Crippen molar-refractivity contribution < 1.29 is 9.53 Å². The molecule has 4 aromatic rings. The Kier molecular flexibility index (Phi) is 7.86. The fraction of sp³-hybridized carbons (Fsp3) is 0.267. The number of likely N-dealkylation sites (N-methyl/N-ethyl adjacent to an activating group) is 1. The normalized spacial score (nSPS) is 11.1. The molecule has 0 spiro atoms. The summed E-state index contributed by atoms with van der Waals surface area (Å²) in [5, 5.41) is 4.93. The van der Waals surface area contributed by atoms with E-state index in [9.17, 15) is 4.79 Å². The van der Waals surface area contributed by atoms with Crippen molar-refractivity contribution in [2.45, 2.75) is 20.4 Å². The van der Waals surface area contributed by atoms with Crippen LogP contribution in [-0.4, -0.2) is 59.8 Å². The SMILES string of the molecule is COc1ccc(-c2cc(C(=O)N(CCN(C)C)Cc3ccccc3)n(-c3cc(C)ccc3C)n2)cc1. The van der Waals surface area contributed by atoms with Crippen LogP contribution in [0.4, 0.5) is 0 Å². The molecule has 0 atom stereocenters. The summed E-state index contributed by atoms with van der Waals surface area (Å²) in [6.45, 7) is 6.00. The van der Waals surface area contributed by atoms with E-state index in [-0.39, 0.29) is 5.91 Å². The van der Waals surface area contributed by atoms with Gasteiger partial charge in [0.15, 0.2) is 0 Å². The lowest BCUT2D eigenvalue weighted by Crippen LogP contribution is -2.37. The molecule has 0 aliphatic rings. The molecule has 0 bridgehead atoms. The molecule has 0 saturated heterocycles. The Bertz CT molecular complexity index is 1310. The van der Waals surface area contributed by atoms with Crippen LogP contribution in [0.1, 0.15) is 27.2 Å². The summed E-state index contributed by atoms with van der Waals surface area (Å²) in [7, 11) is 5.69. The highest BCUT2D eigenvalue weighted by Gasteiger charge is 2.24. The average Bonchev–Trinajstić information content (AvgIpc) is 3.33. The Balaban J connectivity index is 1.80. The minimum atomic E-state index is -0.0473. The fourth-order valence-electron chi connectivity index (χ4n) is 4.11. The van der Waals surface area contributed by atoms with Crippen molar-refractivity contribution in [1.29, 1.82) is 0 Å². The number of amides is 1. The summed E-state index contributed by atoms with van der Waals surface area (Å²) >= 11 is 0. The molecular weight excluding hydrogens is 448 g/mol. The van der Waals surface area contributed by atoms with Gasteiger partial charge in [0.05, 0.1) is 18.5 Å². The largest absolute Gasteiger partial charge is 0.497 e. The van der Waals surface area contributed by atoms with Crippen molar-refractivity contribution in [2.24, 2.45) is 0 Å². The number of ether oxygens (including phenoxy) is 1. The monoisotopic (exact) mass is 482 g/mol. The number of methoxy groups -OCH3 is 1. The second-order valence-electron chi connectivity index (χ2n) is 9.36. The highest BCUT2D eigenvalue weighted by molar-refractivity contribution is 5.94. The van der Waals surface area contributed by atoms with Gasteiger partial charge in [-0.1, -0.05) is 42.5 Å². The molecule has 0 aliphatic heterocycles. The lowest BCUT2D eigenvalue weighted by molar-refractivity contribution is 0.0722. The van der Waals surface area contributed by atoms with Crippen LogP contribution >= 0.6 is 0 Å². The molecule has 0 radical (unpaired) electrons. The Morgan fingerprint density at radius 1 is 0.917 bits per heavy atom. The van der Waals surface area contributed by atoms with Crippen LogP contribution in [0.15, 0.2) is 78.9 Å². The molecule has 1 amide bonds. The van der Waals surface area contributed by atoms with Crippen molar-refractivity contribution in [2.75, 3.05) is 34.3 Å². The number of aromatic nitrogens is 2. The predicted octanol–water partition coefficient (Wildman–Crippen LogP) is 5.37. The molecule has 1 aromatic heterocycles. The Morgan fingerprint density at radius 2 is 1.64 bits per heavy atom. The maximum atomic E-state index is 14.1. The van der Waals surface area contributed by atoms with E-state index in [0.29, 0.717) is 18.8 Å². The first-order valence-corrected chi connectivity index (χ1v) is 12.2. The highest BCUT2D eigenvalue weighted by atomic mass is 16.5. The Morgan fingerprint density at radius 3 is 2.31 bits per heavy atom. The zero-order valence-electron chi connectivity index (χ0n) is 21.7. The van der Waals surface area contributed by atoms with E-state index in [2.05, 4.69) is 42.2 Å². The van der Waals surface area contributed by atoms with E-state index in [1.807, 2.05) is 74.4 Å². The van der Waals surface area contributed by atoms with Crippen molar-refractivity contribution in [3.05, 3.63) is 101 Å². The molecule has 0 unspecified atom stereocenters. The maximum Gasteiger partial charge on any atom is 0.272 e. The number of nitrogens with zero attached hydrogens (tertiary/aromatic N) is 4. The van der Waals surface area contributed by atoms with Crippen LogP contribution < -0.4 is 4.74 Å². The molecule has 6 nitrogen and oxygen atoms in total. The minimum absolute atomic E-state index is 0.0473. The van der Waals surface area contributed by atoms with Crippen LogP contribution in [0, 0.1) is 13.8 Å². The molecule has 0 saturated carbocycles. The summed E-state index contributed by atoms with van der Waals surface area (Å²) in [6, 6.07) is 26.0. The fourth-order valence-corrected chi connectivity index (χ4v) is 4.11. The van der Waals surface area contributed by atoms with Gasteiger partial charge in [0.2, 0.25) is 0 Å². The zero-order valence-corrected chi connectivity index (χ0v) is 21.7. The quantitative estimate of drug-likeness (QED) is 0.322. The summed E-state index contributed by atoms with van der Waals surface area (Å²) in [5.41, 5.74) is 6.39. The molecular formula is C30H34N4O2. The van der Waals surface area contributed by atoms with E-state index in [4.69, 9.17) is 9.84 Å². The topological polar surface area (TPSA) is 50.6 Å². The smallest absolute Gasteiger partial charge is 0.272 e. The van der Waals surface area contributed by atoms with Gasteiger partial charge in [0.25, 0.3) is 5.91 Å². The average molecular weight is 483 g/mol. The summed E-state index contributed by atoms with van der Waals surface area (Å²) in [6.07, 6.45) is 0. The summed E-state index contributed by atoms with van der Waals surface area (Å²) < 4.78 is 7.12. The zero-order chi connectivity index (χ0) is 25.7. The molecule has 36 heavy (non-hydrogen) atoms. The first kappa shape index (κ1) is 25.2. The number of rotatable bonds is 9. The first-order valence-electron chi connectivity index (χ1n) is 12.2. The Hall–Kier alpha value is -3.90. The van der Waals surface area contributed by atoms with E-state index < -0.39 is 0 Å². The van der Waals surface area contributed by atoms with Gasteiger partial charge in [-0.3, -0.25) is 4.79 Å².